The second kappa shape index (κ2) is 3.44. The first-order chi connectivity index (χ1) is 7.43. The normalized spacial score (nSPS) is 12.3. The molecule has 0 aliphatic heterocycles. The lowest BCUT2D eigenvalue weighted by atomic mass is 10.2. The third-order valence-corrected chi connectivity index (χ3v) is 2.31. The summed E-state index contributed by atoms with van der Waals surface area (Å²) >= 11 is 0. The van der Waals surface area contributed by atoms with E-state index in [1.807, 2.05) is 0 Å². The highest BCUT2D eigenvalue weighted by molar-refractivity contribution is 5.72. The van der Waals surface area contributed by atoms with Gasteiger partial charge in [0.25, 0.3) is 0 Å². The Morgan fingerprint density at radius 2 is 2.12 bits per heavy atom. The van der Waals surface area contributed by atoms with Crippen LogP contribution in [0.1, 0.15) is 11.4 Å². The van der Waals surface area contributed by atoms with Crippen LogP contribution in [-0.4, -0.2) is 14.5 Å². The third-order valence-electron chi connectivity index (χ3n) is 2.31. The van der Waals surface area contributed by atoms with Crippen LogP contribution in [0.25, 0.3) is 11.2 Å². The summed E-state index contributed by atoms with van der Waals surface area (Å²) in [6.45, 7) is 0.161. The SMILES string of the molecule is Cn1c(CN)nc2cc(C(F)(F)F)cnc21. The number of alkyl halides is 3. The molecule has 16 heavy (non-hydrogen) atoms. The van der Waals surface area contributed by atoms with E-state index in [9.17, 15) is 13.2 Å². The average molecular weight is 230 g/mol. The lowest BCUT2D eigenvalue weighted by Crippen LogP contribution is -2.06. The molecule has 0 atom stereocenters. The third kappa shape index (κ3) is 1.63. The molecule has 2 rings (SSSR count). The zero-order chi connectivity index (χ0) is 11.9. The molecule has 0 spiro atoms. The highest BCUT2D eigenvalue weighted by atomic mass is 19.4. The lowest BCUT2D eigenvalue weighted by Gasteiger charge is -2.05. The average Bonchev–Trinajstić information content (AvgIpc) is 2.54. The fourth-order valence-corrected chi connectivity index (χ4v) is 1.46. The number of imidazole rings is 1. The Kier molecular flexibility index (Phi) is 2.34. The van der Waals surface area contributed by atoms with Crippen molar-refractivity contribution in [1.29, 1.82) is 0 Å². The number of fused-ring (bicyclic) bond motifs is 1. The second-order valence-electron chi connectivity index (χ2n) is 3.36. The molecule has 0 amide bonds. The van der Waals surface area contributed by atoms with Crippen LogP contribution < -0.4 is 5.73 Å². The Labute approximate surface area is 88.9 Å². The summed E-state index contributed by atoms with van der Waals surface area (Å²) in [5, 5.41) is 0. The number of aromatic nitrogens is 3. The predicted molar refractivity (Wildman–Crippen MR) is 51.4 cm³/mol. The Bertz CT molecular complexity index is 529. The smallest absolute Gasteiger partial charge is 0.324 e. The minimum atomic E-state index is -4.40. The topological polar surface area (TPSA) is 56.7 Å². The van der Waals surface area contributed by atoms with Crippen LogP contribution in [0.3, 0.4) is 0 Å². The molecule has 0 aromatic carbocycles. The number of hydrogen-bond donors (Lipinski definition) is 1. The Morgan fingerprint density at radius 3 is 2.69 bits per heavy atom. The van der Waals surface area contributed by atoms with Gasteiger partial charge in [-0.25, -0.2) is 9.97 Å². The number of nitrogens with two attached hydrogens (primary N) is 1. The molecule has 2 N–H and O–H groups in total. The zero-order valence-electron chi connectivity index (χ0n) is 8.41. The van der Waals surface area contributed by atoms with Crippen molar-refractivity contribution < 1.29 is 13.2 Å². The van der Waals surface area contributed by atoms with Gasteiger partial charge in [-0.3, -0.25) is 0 Å². The van der Waals surface area contributed by atoms with Crippen LogP contribution in [0.2, 0.25) is 0 Å². The van der Waals surface area contributed by atoms with Crippen molar-refractivity contribution in [1.82, 2.24) is 14.5 Å². The lowest BCUT2D eigenvalue weighted by molar-refractivity contribution is -0.137. The van der Waals surface area contributed by atoms with Gasteiger partial charge in [0, 0.05) is 13.2 Å². The number of hydrogen-bond acceptors (Lipinski definition) is 3. The van der Waals surface area contributed by atoms with Gasteiger partial charge in [0.1, 0.15) is 11.3 Å². The van der Waals surface area contributed by atoms with E-state index in [0.717, 1.165) is 12.3 Å². The van der Waals surface area contributed by atoms with E-state index in [0.29, 0.717) is 11.5 Å². The predicted octanol–water partition coefficient (Wildman–Crippen LogP) is 1.45. The molecular weight excluding hydrogens is 221 g/mol. The summed E-state index contributed by atoms with van der Waals surface area (Å²) in [6.07, 6.45) is -3.61. The summed E-state index contributed by atoms with van der Waals surface area (Å²) in [7, 11) is 1.66. The maximum absolute atomic E-state index is 12.4. The number of pyridine rings is 1. The summed E-state index contributed by atoms with van der Waals surface area (Å²) in [5.74, 6) is 0.502. The number of nitrogens with zero attached hydrogens (tertiary/aromatic N) is 3. The molecule has 2 aromatic heterocycles. The van der Waals surface area contributed by atoms with Gasteiger partial charge in [-0.2, -0.15) is 13.2 Å². The van der Waals surface area contributed by atoms with E-state index in [-0.39, 0.29) is 12.1 Å². The maximum Gasteiger partial charge on any atom is 0.417 e. The van der Waals surface area contributed by atoms with Crippen molar-refractivity contribution in [3.63, 3.8) is 0 Å². The Morgan fingerprint density at radius 1 is 1.44 bits per heavy atom. The van der Waals surface area contributed by atoms with Crippen molar-refractivity contribution >= 4 is 11.2 Å². The standard InChI is InChI=1S/C9H9F3N4/c1-16-7(3-13)15-6-2-5(9(10,11)12)4-14-8(6)16/h2,4H,3,13H2,1H3. The molecule has 0 bridgehead atoms. The fraction of sp³-hybridized carbons (Fsp3) is 0.333. The van der Waals surface area contributed by atoms with Gasteiger partial charge in [0.2, 0.25) is 0 Å². The fourth-order valence-electron chi connectivity index (χ4n) is 1.46. The minimum Gasteiger partial charge on any atom is -0.324 e. The largest absolute Gasteiger partial charge is 0.417 e. The highest BCUT2D eigenvalue weighted by Gasteiger charge is 2.31. The van der Waals surface area contributed by atoms with Crippen LogP contribution in [0.4, 0.5) is 13.2 Å². The van der Waals surface area contributed by atoms with Crippen LogP contribution >= 0.6 is 0 Å². The van der Waals surface area contributed by atoms with Gasteiger partial charge < -0.3 is 10.3 Å². The van der Waals surface area contributed by atoms with Crippen LogP contribution in [0.15, 0.2) is 12.3 Å². The molecule has 0 fully saturated rings. The summed E-state index contributed by atoms with van der Waals surface area (Å²) < 4.78 is 38.8. The molecule has 2 heterocycles. The van der Waals surface area contributed by atoms with E-state index in [1.54, 1.807) is 11.6 Å². The molecule has 2 aromatic rings. The van der Waals surface area contributed by atoms with E-state index in [1.165, 1.54) is 0 Å². The molecular formula is C9H9F3N4. The quantitative estimate of drug-likeness (QED) is 0.806. The summed E-state index contributed by atoms with van der Waals surface area (Å²) in [4.78, 5) is 7.72. The van der Waals surface area contributed by atoms with Gasteiger partial charge in [-0.05, 0) is 6.07 Å². The summed E-state index contributed by atoms with van der Waals surface area (Å²) in [6, 6.07) is 0.974. The van der Waals surface area contributed by atoms with Gasteiger partial charge in [-0.15, -0.1) is 0 Å². The Hall–Kier alpha value is -1.63. The molecule has 0 radical (unpaired) electrons. The molecule has 0 aliphatic rings. The zero-order valence-corrected chi connectivity index (χ0v) is 8.41. The second-order valence-corrected chi connectivity index (χ2v) is 3.36. The molecule has 0 saturated carbocycles. The minimum absolute atomic E-state index is 0.161. The van der Waals surface area contributed by atoms with E-state index in [4.69, 9.17) is 5.73 Å². The molecule has 0 aliphatic carbocycles. The van der Waals surface area contributed by atoms with Crippen molar-refractivity contribution in [3.05, 3.63) is 23.7 Å². The van der Waals surface area contributed by atoms with E-state index < -0.39 is 11.7 Å². The first-order valence-electron chi connectivity index (χ1n) is 4.52. The van der Waals surface area contributed by atoms with Gasteiger partial charge >= 0.3 is 6.18 Å². The van der Waals surface area contributed by atoms with Crippen molar-refractivity contribution in [2.45, 2.75) is 12.7 Å². The van der Waals surface area contributed by atoms with Crippen LogP contribution in [0.5, 0.6) is 0 Å². The molecule has 86 valence electrons. The first kappa shape index (κ1) is 10.9. The molecule has 7 heteroatoms. The van der Waals surface area contributed by atoms with Crippen LogP contribution in [-0.2, 0) is 19.8 Å². The molecule has 0 saturated heterocycles. The monoisotopic (exact) mass is 230 g/mol. The highest BCUT2D eigenvalue weighted by Crippen LogP contribution is 2.30. The number of aryl methyl sites for hydroxylation is 1. The first-order valence-corrected chi connectivity index (χ1v) is 4.52. The number of rotatable bonds is 1. The van der Waals surface area contributed by atoms with Gasteiger partial charge in [-0.1, -0.05) is 0 Å². The van der Waals surface area contributed by atoms with Crippen molar-refractivity contribution in [2.24, 2.45) is 12.8 Å². The van der Waals surface area contributed by atoms with Crippen molar-refractivity contribution in [2.75, 3.05) is 0 Å². The maximum atomic E-state index is 12.4. The van der Waals surface area contributed by atoms with E-state index in [2.05, 4.69) is 9.97 Å². The Balaban J connectivity index is 2.64. The van der Waals surface area contributed by atoms with E-state index >= 15 is 0 Å². The van der Waals surface area contributed by atoms with Gasteiger partial charge in [0.05, 0.1) is 12.1 Å². The number of halogens is 3. The van der Waals surface area contributed by atoms with Crippen LogP contribution in [0, 0.1) is 0 Å². The van der Waals surface area contributed by atoms with Crippen molar-refractivity contribution in [3.8, 4) is 0 Å². The van der Waals surface area contributed by atoms with Gasteiger partial charge in [0.15, 0.2) is 5.65 Å². The molecule has 4 nitrogen and oxygen atoms in total. The summed E-state index contributed by atoms with van der Waals surface area (Å²) in [5.41, 5.74) is 5.20. The molecule has 0 unspecified atom stereocenters.